The largest absolute Gasteiger partial charge is 0.461 e. The number of benzene rings is 1. The van der Waals surface area contributed by atoms with E-state index < -0.39 is 17.8 Å². The van der Waals surface area contributed by atoms with Crippen LogP contribution in [0.25, 0.3) is 11.1 Å². The molecule has 0 aliphatic carbocycles. The Morgan fingerprint density at radius 1 is 1.28 bits per heavy atom. The molecule has 5 nitrogen and oxygen atoms in total. The summed E-state index contributed by atoms with van der Waals surface area (Å²) in [6.45, 7) is 5.15. The van der Waals surface area contributed by atoms with Gasteiger partial charge in [0, 0.05) is 0 Å². The van der Waals surface area contributed by atoms with Crippen molar-refractivity contribution in [2.75, 3.05) is 0 Å². The summed E-state index contributed by atoms with van der Waals surface area (Å²) >= 11 is 0. The van der Waals surface area contributed by atoms with E-state index >= 15 is 0 Å². The minimum absolute atomic E-state index is 0.214. The van der Waals surface area contributed by atoms with Crippen LogP contribution in [0.4, 0.5) is 0 Å². The first-order chi connectivity index (χ1) is 8.50. The van der Waals surface area contributed by atoms with E-state index in [9.17, 15) is 9.59 Å². The number of hydrogen-bond donors (Lipinski definition) is 0. The fourth-order valence-electron chi connectivity index (χ4n) is 1.79. The number of oxazole rings is 1. The summed E-state index contributed by atoms with van der Waals surface area (Å²) in [6.07, 6.45) is -0.214. The molecule has 0 aliphatic rings. The number of rotatable bonds is 3. The number of carbonyl (C=O) groups excluding carboxylic acids is 1. The molecule has 1 aromatic carbocycles. The normalized spacial score (nSPS) is 12.9. The van der Waals surface area contributed by atoms with Crippen molar-refractivity contribution in [2.45, 2.75) is 32.9 Å². The van der Waals surface area contributed by atoms with E-state index in [1.54, 1.807) is 45.0 Å². The fraction of sp³-hybridized carbons (Fsp3) is 0.385. The second-order valence-electron chi connectivity index (χ2n) is 4.37. The third kappa shape index (κ3) is 2.16. The maximum atomic E-state index is 11.8. The molecule has 0 saturated heterocycles. The topological polar surface area (TPSA) is 61.4 Å². The van der Waals surface area contributed by atoms with Gasteiger partial charge in [-0.25, -0.2) is 9.59 Å². The van der Waals surface area contributed by atoms with Gasteiger partial charge in [0.2, 0.25) is 0 Å². The molecule has 0 bridgehead atoms. The molecule has 18 heavy (non-hydrogen) atoms. The Morgan fingerprint density at radius 3 is 2.61 bits per heavy atom. The van der Waals surface area contributed by atoms with Crippen molar-refractivity contribution in [3.05, 3.63) is 34.8 Å². The van der Waals surface area contributed by atoms with Gasteiger partial charge in [-0.05, 0) is 32.9 Å². The lowest BCUT2D eigenvalue weighted by Gasteiger charge is -2.14. The Labute approximate surface area is 104 Å². The summed E-state index contributed by atoms with van der Waals surface area (Å²) < 4.78 is 11.5. The number of esters is 1. The molecule has 2 aromatic rings. The second kappa shape index (κ2) is 4.68. The monoisotopic (exact) mass is 249 g/mol. The van der Waals surface area contributed by atoms with E-state index in [-0.39, 0.29) is 6.10 Å². The number of hydrogen-bond acceptors (Lipinski definition) is 4. The quantitative estimate of drug-likeness (QED) is 0.781. The van der Waals surface area contributed by atoms with E-state index in [0.29, 0.717) is 11.1 Å². The van der Waals surface area contributed by atoms with Crippen LogP contribution in [0.1, 0.15) is 26.8 Å². The highest BCUT2D eigenvalue weighted by Crippen LogP contribution is 2.17. The van der Waals surface area contributed by atoms with Gasteiger partial charge in [-0.15, -0.1) is 0 Å². The van der Waals surface area contributed by atoms with Gasteiger partial charge in [0.15, 0.2) is 5.58 Å². The van der Waals surface area contributed by atoms with Crippen LogP contribution >= 0.6 is 0 Å². The Bertz CT molecular complexity index is 623. The van der Waals surface area contributed by atoms with Gasteiger partial charge in [0.05, 0.1) is 11.6 Å². The molecule has 0 N–H and O–H groups in total. The molecule has 1 unspecified atom stereocenters. The lowest BCUT2D eigenvalue weighted by molar-refractivity contribution is -0.150. The van der Waals surface area contributed by atoms with Crippen LogP contribution in [-0.2, 0) is 9.53 Å². The van der Waals surface area contributed by atoms with Crippen molar-refractivity contribution in [2.24, 2.45) is 0 Å². The molecular weight excluding hydrogens is 234 g/mol. The van der Waals surface area contributed by atoms with Crippen LogP contribution in [-0.4, -0.2) is 16.6 Å². The van der Waals surface area contributed by atoms with Gasteiger partial charge in [-0.3, -0.25) is 4.57 Å². The maximum Gasteiger partial charge on any atom is 0.420 e. The highest BCUT2D eigenvalue weighted by atomic mass is 16.5. The molecule has 0 spiro atoms. The van der Waals surface area contributed by atoms with Crippen molar-refractivity contribution in [3.8, 4) is 0 Å². The first-order valence-electron chi connectivity index (χ1n) is 5.81. The molecule has 0 radical (unpaired) electrons. The molecule has 0 saturated carbocycles. The van der Waals surface area contributed by atoms with E-state index in [1.165, 1.54) is 4.57 Å². The summed E-state index contributed by atoms with van der Waals surface area (Å²) in [4.78, 5) is 23.6. The van der Waals surface area contributed by atoms with Crippen molar-refractivity contribution in [1.29, 1.82) is 0 Å². The predicted molar refractivity (Wildman–Crippen MR) is 66.4 cm³/mol. The smallest absolute Gasteiger partial charge is 0.420 e. The molecule has 5 heteroatoms. The van der Waals surface area contributed by atoms with Crippen molar-refractivity contribution >= 4 is 17.1 Å². The minimum atomic E-state index is -0.705. The second-order valence-corrected chi connectivity index (χ2v) is 4.37. The highest BCUT2D eigenvalue weighted by Gasteiger charge is 2.22. The zero-order chi connectivity index (χ0) is 13.3. The van der Waals surface area contributed by atoms with Crippen molar-refractivity contribution in [3.63, 3.8) is 0 Å². The molecule has 1 aromatic heterocycles. The minimum Gasteiger partial charge on any atom is -0.461 e. The lowest BCUT2D eigenvalue weighted by Crippen LogP contribution is -2.27. The molecule has 0 aliphatic heterocycles. The Balaban J connectivity index is 2.44. The first kappa shape index (κ1) is 12.4. The van der Waals surface area contributed by atoms with Gasteiger partial charge in [-0.2, -0.15) is 0 Å². The Morgan fingerprint density at radius 2 is 1.94 bits per heavy atom. The molecule has 0 fully saturated rings. The lowest BCUT2D eigenvalue weighted by atomic mass is 10.3. The van der Waals surface area contributed by atoms with Crippen LogP contribution in [0.2, 0.25) is 0 Å². The van der Waals surface area contributed by atoms with Gasteiger partial charge in [0.1, 0.15) is 6.04 Å². The third-order valence-electron chi connectivity index (χ3n) is 2.60. The molecule has 96 valence electrons. The van der Waals surface area contributed by atoms with Crippen LogP contribution in [0.5, 0.6) is 0 Å². The fourth-order valence-corrected chi connectivity index (χ4v) is 1.79. The van der Waals surface area contributed by atoms with Crippen LogP contribution in [0.3, 0.4) is 0 Å². The number of aromatic nitrogens is 1. The van der Waals surface area contributed by atoms with Gasteiger partial charge >= 0.3 is 11.7 Å². The first-order valence-corrected chi connectivity index (χ1v) is 5.81. The Hall–Kier alpha value is -2.04. The summed E-state index contributed by atoms with van der Waals surface area (Å²) in [6, 6.07) is 6.28. The third-order valence-corrected chi connectivity index (χ3v) is 2.60. The van der Waals surface area contributed by atoms with Crippen LogP contribution in [0, 0.1) is 0 Å². The van der Waals surface area contributed by atoms with Crippen LogP contribution in [0.15, 0.2) is 33.5 Å². The zero-order valence-electron chi connectivity index (χ0n) is 10.5. The van der Waals surface area contributed by atoms with Gasteiger partial charge in [-0.1, -0.05) is 12.1 Å². The average Bonchev–Trinajstić information content (AvgIpc) is 2.63. The summed E-state index contributed by atoms with van der Waals surface area (Å²) in [5, 5.41) is 0. The van der Waals surface area contributed by atoms with Gasteiger partial charge in [0.25, 0.3) is 0 Å². The van der Waals surface area contributed by atoms with Crippen LogP contribution < -0.4 is 5.76 Å². The number of ether oxygens (including phenoxy) is 1. The van der Waals surface area contributed by atoms with Crippen molar-refractivity contribution < 1.29 is 13.9 Å². The molecular formula is C13H15NO4. The highest BCUT2D eigenvalue weighted by molar-refractivity contribution is 5.79. The maximum absolute atomic E-state index is 11.8. The predicted octanol–water partition coefficient (Wildman–Crippen LogP) is 2.11. The number of fused-ring (bicyclic) bond motifs is 1. The molecule has 2 rings (SSSR count). The average molecular weight is 249 g/mol. The summed E-state index contributed by atoms with van der Waals surface area (Å²) in [5.74, 6) is -0.997. The zero-order valence-corrected chi connectivity index (χ0v) is 10.5. The number of carbonyl (C=O) groups is 1. The SMILES string of the molecule is CC(C)OC(=O)C(C)n1c(=O)oc2ccccc21. The molecule has 0 amide bonds. The number of nitrogens with zero attached hydrogens (tertiary/aromatic N) is 1. The van der Waals surface area contributed by atoms with E-state index in [1.807, 2.05) is 0 Å². The van der Waals surface area contributed by atoms with E-state index in [0.717, 1.165) is 0 Å². The van der Waals surface area contributed by atoms with E-state index in [2.05, 4.69) is 0 Å². The number of para-hydroxylation sites is 2. The van der Waals surface area contributed by atoms with Crippen molar-refractivity contribution in [1.82, 2.24) is 4.57 Å². The molecule has 1 heterocycles. The molecule has 1 atom stereocenters. The van der Waals surface area contributed by atoms with E-state index in [4.69, 9.17) is 9.15 Å². The summed E-state index contributed by atoms with van der Waals surface area (Å²) in [7, 11) is 0. The standard InChI is InChI=1S/C13H15NO4/c1-8(2)17-12(15)9(3)14-10-6-4-5-7-11(10)18-13(14)16/h4-9H,1-3H3. The Kier molecular flexibility index (Phi) is 3.23. The summed E-state index contributed by atoms with van der Waals surface area (Å²) in [5.41, 5.74) is 1.06. The van der Waals surface area contributed by atoms with Gasteiger partial charge < -0.3 is 9.15 Å².